The highest BCUT2D eigenvalue weighted by molar-refractivity contribution is 7.91. The SMILES string of the molecule is O=C(O)c1cc([N+](=O)[O-])ccc1NCC1CCS(=O)(=O)C1. The van der Waals surface area contributed by atoms with Crippen molar-refractivity contribution in [2.75, 3.05) is 23.4 Å². The van der Waals surface area contributed by atoms with Gasteiger partial charge >= 0.3 is 5.97 Å². The van der Waals surface area contributed by atoms with E-state index in [4.69, 9.17) is 5.11 Å². The first-order valence-electron chi connectivity index (χ1n) is 6.24. The minimum absolute atomic E-state index is 0.0770. The molecule has 0 aromatic heterocycles. The van der Waals surface area contributed by atoms with Gasteiger partial charge in [0.1, 0.15) is 0 Å². The third-order valence-electron chi connectivity index (χ3n) is 3.35. The minimum atomic E-state index is -2.99. The first-order chi connectivity index (χ1) is 9.78. The second-order valence-corrected chi connectivity index (χ2v) is 7.17. The molecule has 1 aliphatic rings. The van der Waals surface area contributed by atoms with Gasteiger partial charge in [-0.05, 0) is 18.4 Å². The molecule has 21 heavy (non-hydrogen) atoms. The maximum atomic E-state index is 11.4. The molecule has 1 saturated heterocycles. The molecule has 1 atom stereocenters. The molecule has 1 aromatic carbocycles. The molecule has 2 rings (SSSR count). The van der Waals surface area contributed by atoms with Gasteiger partial charge in [0.25, 0.3) is 5.69 Å². The molecule has 0 amide bonds. The lowest BCUT2D eigenvalue weighted by molar-refractivity contribution is -0.384. The van der Waals surface area contributed by atoms with E-state index in [1.165, 1.54) is 12.1 Å². The molecule has 1 aromatic rings. The summed E-state index contributed by atoms with van der Waals surface area (Å²) < 4.78 is 22.7. The lowest BCUT2D eigenvalue weighted by atomic mass is 10.1. The highest BCUT2D eigenvalue weighted by atomic mass is 32.2. The van der Waals surface area contributed by atoms with Crippen molar-refractivity contribution in [1.29, 1.82) is 0 Å². The van der Waals surface area contributed by atoms with Gasteiger partial charge in [0.15, 0.2) is 9.84 Å². The van der Waals surface area contributed by atoms with E-state index >= 15 is 0 Å². The fourth-order valence-corrected chi connectivity index (χ4v) is 4.13. The zero-order valence-electron chi connectivity index (χ0n) is 11.0. The number of benzene rings is 1. The first-order valence-corrected chi connectivity index (χ1v) is 8.06. The van der Waals surface area contributed by atoms with Crippen molar-refractivity contribution in [2.45, 2.75) is 6.42 Å². The van der Waals surface area contributed by atoms with Gasteiger partial charge in [0.2, 0.25) is 0 Å². The summed E-state index contributed by atoms with van der Waals surface area (Å²) >= 11 is 0. The predicted molar refractivity (Wildman–Crippen MR) is 75.3 cm³/mol. The number of rotatable bonds is 5. The number of nitrogens with one attached hydrogen (secondary N) is 1. The van der Waals surface area contributed by atoms with Crippen molar-refractivity contribution < 1.29 is 23.2 Å². The summed E-state index contributed by atoms with van der Waals surface area (Å²) in [5, 5.41) is 22.6. The molecular weight excluding hydrogens is 300 g/mol. The Morgan fingerprint density at radius 3 is 2.71 bits per heavy atom. The van der Waals surface area contributed by atoms with Gasteiger partial charge in [0, 0.05) is 24.4 Å². The Bertz CT molecular complexity index is 685. The molecule has 1 unspecified atom stereocenters. The Labute approximate surface area is 120 Å². The summed E-state index contributed by atoms with van der Waals surface area (Å²) in [5.74, 6) is -1.13. The van der Waals surface area contributed by atoms with Crippen molar-refractivity contribution >= 4 is 27.2 Å². The van der Waals surface area contributed by atoms with Crippen LogP contribution in [0.5, 0.6) is 0 Å². The molecule has 114 valence electrons. The highest BCUT2D eigenvalue weighted by Crippen LogP contribution is 2.24. The molecule has 2 N–H and O–H groups in total. The number of hydrogen-bond acceptors (Lipinski definition) is 6. The lowest BCUT2D eigenvalue weighted by Gasteiger charge is -2.12. The Morgan fingerprint density at radius 2 is 2.19 bits per heavy atom. The summed E-state index contributed by atoms with van der Waals surface area (Å²) in [6.07, 6.45) is 0.532. The predicted octanol–water partition coefficient (Wildman–Crippen LogP) is 1.14. The van der Waals surface area contributed by atoms with Crippen molar-refractivity contribution in [3.63, 3.8) is 0 Å². The molecule has 1 aliphatic heterocycles. The Hall–Kier alpha value is -2.16. The topological polar surface area (TPSA) is 127 Å². The molecule has 8 nitrogen and oxygen atoms in total. The summed E-state index contributed by atoms with van der Waals surface area (Å²) in [6.45, 7) is 0.317. The van der Waals surface area contributed by atoms with Crippen LogP contribution in [-0.2, 0) is 9.84 Å². The monoisotopic (exact) mass is 314 g/mol. The number of nitro groups is 1. The van der Waals surface area contributed by atoms with E-state index in [1.54, 1.807) is 0 Å². The van der Waals surface area contributed by atoms with Crippen LogP contribution in [0.3, 0.4) is 0 Å². The fraction of sp³-hybridized carbons (Fsp3) is 0.417. The number of carbonyl (C=O) groups is 1. The maximum Gasteiger partial charge on any atom is 0.338 e. The Kier molecular flexibility index (Phi) is 4.12. The van der Waals surface area contributed by atoms with E-state index in [0.29, 0.717) is 13.0 Å². The third kappa shape index (κ3) is 3.69. The molecule has 1 fully saturated rings. The van der Waals surface area contributed by atoms with Gasteiger partial charge in [-0.3, -0.25) is 10.1 Å². The van der Waals surface area contributed by atoms with Crippen LogP contribution in [-0.4, -0.2) is 42.5 Å². The molecule has 1 heterocycles. The zero-order valence-corrected chi connectivity index (χ0v) is 11.8. The van der Waals surface area contributed by atoms with Gasteiger partial charge in [-0.2, -0.15) is 0 Å². The van der Waals surface area contributed by atoms with Crippen LogP contribution in [0.1, 0.15) is 16.8 Å². The average molecular weight is 314 g/mol. The number of anilines is 1. The third-order valence-corrected chi connectivity index (χ3v) is 5.19. The van der Waals surface area contributed by atoms with E-state index < -0.39 is 20.7 Å². The molecular formula is C12H14N2O6S. The van der Waals surface area contributed by atoms with E-state index in [0.717, 1.165) is 6.07 Å². The fourth-order valence-electron chi connectivity index (χ4n) is 2.26. The van der Waals surface area contributed by atoms with Gasteiger partial charge in [-0.15, -0.1) is 0 Å². The molecule has 0 aliphatic carbocycles. The zero-order chi connectivity index (χ0) is 15.6. The van der Waals surface area contributed by atoms with Crippen LogP contribution in [0.2, 0.25) is 0 Å². The van der Waals surface area contributed by atoms with E-state index in [2.05, 4.69) is 5.32 Å². The maximum absolute atomic E-state index is 11.4. The van der Waals surface area contributed by atoms with Gasteiger partial charge < -0.3 is 10.4 Å². The first kappa shape index (κ1) is 15.2. The molecule has 0 bridgehead atoms. The number of carboxylic acid groups (broad SMARTS) is 1. The number of nitrogens with zero attached hydrogens (tertiary/aromatic N) is 1. The van der Waals surface area contributed by atoms with Gasteiger partial charge in [-0.1, -0.05) is 0 Å². The summed E-state index contributed by atoms with van der Waals surface area (Å²) in [5.41, 5.74) is -0.260. The van der Waals surface area contributed by atoms with Crippen LogP contribution >= 0.6 is 0 Å². The molecule has 0 saturated carbocycles. The van der Waals surface area contributed by atoms with Crippen LogP contribution in [0, 0.1) is 16.0 Å². The van der Waals surface area contributed by atoms with E-state index in [1.807, 2.05) is 0 Å². The average Bonchev–Trinajstić information content (AvgIpc) is 2.75. The number of carboxylic acids is 1. The number of hydrogen-bond donors (Lipinski definition) is 2. The van der Waals surface area contributed by atoms with Crippen LogP contribution in [0.15, 0.2) is 18.2 Å². The van der Waals surface area contributed by atoms with E-state index in [-0.39, 0.29) is 34.4 Å². The largest absolute Gasteiger partial charge is 0.478 e. The van der Waals surface area contributed by atoms with E-state index in [9.17, 15) is 23.3 Å². The van der Waals surface area contributed by atoms with Crippen molar-refractivity contribution in [2.24, 2.45) is 5.92 Å². The van der Waals surface area contributed by atoms with Crippen molar-refractivity contribution in [3.05, 3.63) is 33.9 Å². The second kappa shape index (κ2) is 5.68. The number of aromatic carboxylic acids is 1. The Morgan fingerprint density at radius 1 is 1.48 bits per heavy atom. The number of sulfone groups is 1. The minimum Gasteiger partial charge on any atom is -0.478 e. The molecule has 9 heteroatoms. The summed E-state index contributed by atoms with van der Waals surface area (Å²) in [4.78, 5) is 21.1. The van der Waals surface area contributed by atoms with Crippen LogP contribution < -0.4 is 5.32 Å². The lowest BCUT2D eigenvalue weighted by Crippen LogP contribution is -2.17. The summed E-state index contributed by atoms with van der Waals surface area (Å²) in [6, 6.07) is 3.52. The number of non-ortho nitro benzene ring substituents is 1. The highest BCUT2D eigenvalue weighted by Gasteiger charge is 2.28. The summed E-state index contributed by atoms with van der Waals surface area (Å²) in [7, 11) is -2.99. The van der Waals surface area contributed by atoms with Crippen molar-refractivity contribution in [3.8, 4) is 0 Å². The van der Waals surface area contributed by atoms with Gasteiger partial charge in [0.05, 0.1) is 22.0 Å². The quantitative estimate of drug-likeness (QED) is 0.616. The van der Waals surface area contributed by atoms with Crippen molar-refractivity contribution in [1.82, 2.24) is 0 Å². The van der Waals surface area contributed by atoms with Crippen LogP contribution in [0.25, 0.3) is 0 Å². The second-order valence-electron chi connectivity index (χ2n) is 4.94. The normalized spacial score (nSPS) is 20.1. The van der Waals surface area contributed by atoms with Gasteiger partial charge in [-0.25, -0.2) is 13.2 Å². The molecule has 0 spiro atoms. The Balaban J connectivity index is 2.13. The molecule has 0 radical (unpaired) electrons. The smallest absolute Gasteiger partial charge is 0.338 e. The number of nitro benzene ring substituents is 1. The van der Waals surface area contributed by atoms with Crippen LogP contribution in [0.4, 0.5) is 11.4 Å². The standard InChI is InChI=1S/C12H14N2O6S/c15-12(16)10-5-9(14(17)18)1-2-11(10)13-6-8-3-4-21(19,20)7-8/h1-2,5,8,13H,3-4,6-7H2,(H,15,16).